The van der Waals surface area contributed by atoms with Gasteiger partial charge in [-0.25, -0.2) is 20.0 Å². The lowest BCUT2D eigenvalue weighted by Crippen LogP contribution is -2.54. The average molecular weight is 497 g/mol. The smallest absolute Gasteiger partial charge is 0.203 e. The van der Waals surface area contributed by atoms with Crippen LogP contribution in [0.2, 0.25) is 0 Å². The van der Waals surface area contributed by atoms with Gasteiger partial charge in [0.05, 0.1) is 6.54 Å². The average Bonchev–Trinajstić information content (AvgIpc) is 3.46. The lowest BCUT2D eigenvalue weighted by atomic mass is 10.3. The highest BCUT2D eigenvalue weighted by Crippen LogP contribution is 2.12. The van der Waals surface area contributed by atoms with Crippen molar-refractivity contribution in [1.29, 1.82) is 0 Å². The van der Waals surface area contributed by atoms with Crippen molar-refractivity contribution in [3.8, 4) is 0 Å². The highest BCUT2D eigenvalue weighted by Gasteiger charge is 2.25. The van der Waals surface area contributed by atoms with Crippen LogP contribution in [0.4, 0.5) is 0 Å². The molecule has 0 amide bonds. The van der Waals surface area contributed by atoms with E-state index in [4.69, 9.17) is 24.6 Å². The SMILES string of the molecule is CNC1=NC(C)N=C(N(CCc2ccc(C)o2)CC2N=C(N)NC(N(C)CCc3ccc(C)o3)=N2)N1. The van der Waals surface area contributed by atoms with Gasteiger partial charge in [-0.15, -0.1) is 0 Å². The molecule has 0 saturated heterocycles. The number of rotatable bonds is 8. The predicted octanol–water partition coefficient (Wildman–Crippen LogP) is 0.989. The molecule has 2 aromatic heterocycles. The Morgan fingerprint density at radius 2 is 1.58 bits per heavy atom. The van der Waals surface area contributed by atoms with E-state index in [2.05, 4.69) is 30.8 Å². The van der Waals surface area contributed by atoms with E-state index in [1.807, 2.05) is 64.0 Å². The zero-order valence-electron chi connectivity index (χ0n) is 21.6. The van der Waals surface area contributed by atoms with Gasteiger partial charge in [0.1, 0.15) is 29.2 Å². The third kappa shape index (κ3) is 6.58. The van der Waals surface area contributed by atoms with E-state index in [1.165, 1.54) is 0 Å². The zero-order valence-corrected chi connectivity index (χ0v) is 21.6. The first-order chi connectivity index (χ1) is 17.3. The van der Waals surface area contributed by atoms with Crippen molar-refractivity contribution in [3.63, 3.8) is 0 Å². The molecule has 0 fully saturated rings. The quantitative estimate of drug-likeness (QED) is 0.424. The molecule has 0 saturated carbocycles. The Bertz CT molecular complexity index is 1160. The Balaban J connectivity index is 1.47. The van der Waals surface area contributed by atoms with E-state index < -0.39 is 6.17 Å². The normalized spacial score (nSPS) is 19.4. The first-order valence-corrected chi connectivity index (χ1v) is 12.1. The minimum absolute atomic E-state index is 0.214. The van der Waals surface area contributed by atoms with Crippen LogP contribution in [0.3, 0.4) is 0 Å². The number of nitrogens with two attached hydrogens (primary N) is 1. The lowest BCUT2D eigenvalue weighted by Gasteiger charge is -2.32. The molecule has 0 aromatic carbocycles. The van der Waals surface area contributed by atoms with Gasteiger partial charge in [0.15, 0.2) is 18.1 Å². The van der Waals surface area contributed by atoms with Gasteiger partial charge in [-0.05, 0) is 45.0 Å². The van der Waals surface area contributed by atoms with Gasteiger partial charge in [-0.1, -0.05) is 0 Å². The molecular weight excluding hydrogens is 460 g/mol. The van der Waals surface area contributed by atoms with Crippen LogP contribution in [0.1, 0.15) is 30.0 Å². The number of aliphatic imine (C=N–C) groups is 4. The number of hydrogen-bond donors (Lipinski definition) is 4. The molecule has 5 N–H and O–H groups in total. The zero-order chi connectivity index (χ0) is 25.7. The maximum atomic E-state index is 6.16. The summed E-state index contributed by atoms with van der Waals surface area (Å²) in [5.74, 6) is 6.01. The van der Waals surface area contributed by atoms with E-state index in [0.29, 0.717) is 49.9 Å². The van der Waals surface area contributed by atoms with Gasteiger partial charge in [0, 0.05) is 40.0 Å². The van der Waals surface area contributed by atoms with Crippen molar-refractivity contribution >= 4 is 23.8 Å². The summed E-state index contributed by atoms with van der Waals surface area (Å²) in [6.07, 6.45) is 0.836. The van der Waals surface area contributed by atoms with Crippen molar-refractivity contribution in [2.75, 3.05) is 33.7 Å². The number of likely N-dealkylation sites (N-methyl/N-ethyl adjacent to an activating group) is 1. The van der Waals surface area contributed by atoms with Crippen LogP contribution >= 0.6 is 0 Å². The highest BCUT2D eigenvalue weighted by molar-refractivity contribution is 6.00. The first-order valence-electron chi connectivity index (χ1n) is 12.1. The Hall–Kier alpha value is -3.96. The topological polar surface area (TPSA) is 144 Å². The molecule has 2 aliphatic rings. The lowest BCUT2D eigenvalue weighted by molar-refractivity contribution is 0.358. The second-order valence-electron chi connectivity index (χ2n) is 8.90. The maximum absolute atomic E-state index is 6.16. The molecule has 4 rings (SSSR count). The summed E-state index contributed by atoms with van der Waals surface area (Å²) in [7, 11) is 3.80. The van der Waals surface area contributed by atoms with E-state index in [1.54, 1.807) is 0 Å². The van der Waals surface area contributed by atoms with E-state index in [9.17, 15) is 0 Å². The number of aryl methyl sites for hydroxylation is 2. The number of guanidine groups is 4. The summed E-state index contributed by atoms with van der Waals surface area (Å²) in [6.45, 7) is 7.68. The van der Waals surface area contributed by atoms with Crippen molar-refractivity contribution in [3.05, 3.63) is 47.3 Å². The highest BCUT2D eigenvalue weighted by atomic mass is 16.3. The molecule has 4 heterocycles. The van der Waals surface area contributed by atoms with Gasteiger partial charge in [0.25, 0.3) is 0 Å². The van der Waals surface area contributed by atoms with Crippen LogP contribution in [0.25, 0.3) is 0 Å². The molecule has 2 aromatic rings. The standard InChI is InChI=1S/C24H36N10O2/c1-15-6-8-18(35-15)10-12-33(5)23-30-20(29-21(25)31-23)14-34(13-11-19-9-7-16(2)36-19)24-28-17(3)27-22(26-4)32-24/h6-9,17,20H,10-14H2,1-5H3,(H3,25,29,30,31)(H2,26,27,28,32). The van der Waals surface area contributed by atoms with Gasteiger partial charge in [-0.3, -0.25) is 10.6 Å². The van der Waals surface area contributed by atoms with Gasteiger partial charge < -0.3 is 29.7 Å². The molecule has 0 radical (unpaired) electrons. The number of hydrogen-bond acceptors (Lipinski definition) is 12. The number of nitrogens with zero attached hydrogens (tertiary/aromatic N) is 6. The molecular formula is C24H36N10O2. The van der Waals surface area contributed by atoms with E-state index in [0.717, 1.165) is 29.5 Å². The maximum Gasteiger partial charge on any atom is 0.203 e. The largest absolute Gasteiger partial charge is 0.466 e. The fourth-order valence-electron chi connectivity index (χ4n) is 3.98. The van der Waals surface area contributed by atoms with E-state index in [-0.39, 0.29) is 6.17 Å². The van der Waals surface area contributed by atoms with Crippen molar-refractivity contribution in [2.45, 2.75) is 45.9 Å². The summed E-state index contributed by atoms with van der Waals surface area (Å²) in [5, 5.41) is 9.43. The summed E-state index contributed by atoms with van der Waals surface area (Å²) in [4.78, 5) is 22.7. The van der Waals surface area contributed by atoms with Crippen molar-refractivity contribution in [1.82, 2.24) is 25.8 Å². The number of furan rings is 2. The summed E-state index contributed by atoms with van der Waals surface area (Å²) in [6, 6.07) is 7.94. The van der Waals surface area contributed by atoms with Crippen LogP contribution in [0.5, 0.6) is 0 Å². The molecule has 2 unspecified atom stereocenters. The second kappa shape index (κ2) is 11.2. The van der Waals surface area contributed by atoms with Crippen molar-refractivity contribution < 1.29 is 8.83 Å². The van der Waals surface area contributed by atoms with Crippen LogP contribution < -0.4 is 21.7 Å². The van der Waals surface area contributed by atoms with Crippen molar-refractivity contribution in [2.24, 2.45) is 25.7 Å². The minimum atomic E-state index is -0.412. The van der Waals surface area contributed by atoms with Gasteiger partial charge in [-0.2, -0.15) is 0 Å². The molecule has 0 bridgehead atoms. The third-order valence-corrected chi connectivity index (χ3v) is 5.85. The van der Waals surface area contributed by atoms with Crippen LogP contribution in [0, 0.1) is 13.8 Å². The Labute approximate surface area is 211 Å². The molecule has 12 nitrogen and oxygen atoms in total. The van der Waals surface area contributed by atoms with Gasteiger partial charge >= 0.3 is 0 Å². The fraction of sp³-hybridized carbons (Fsp3) is 0.500. The monoisotopic (exact) mass is 496 g/mol. The van der Waals surface area contributed by atoms with Crippen LogP contribution in [-0.4, -0.2) is 79.7 Å². The number of nitrogens with one attached hydrogen (secondary N) is 3. The summed E-state index contributed by atoms with van der Waals surface area (Å²) in [5.41, 5.74) is 6.16. The Kier molecular flexibility index (Phi) is 7.81. The minimum Gasteiger partial charge on any atom is -0.466 e. The van der Waals surface area contributed by atoms with Crippen LogP contribution in [0.15, 0.2) is 53.1 Å². The molecule has 2 aliphatic heterocycles. The Morgan fingerprint density at radius 3 is 2.19 bits per heavy atom. The molecule has 36 heavy (non-hydrogen) atoms. The molecule has 0 spiro atoms. The first kappa shape index (κ1) is 25.1. The fourth-order valence-corrected chi connectivity index (χ4v) is 3.98. The molecule has 0 aliphatic carbocycles. The molecule has 2 atom stereocenters. The second-order valence-corrected chi connectivity index (χ2v) is 8.90. The van der Waals surface area contributed by atoms with Gasteiger partial charge in [0.2, 0.25) is 11.9 Å². The molecule has 12 heteroatoms. The molecule has 194 valence electrons. The van der Waals surface area contributed by atoms with E-state index >= 15 is 0 Å². The predicted molar refractivity (Wildman–Crippen MR) is 141 cm³/mol. The third-order valence-electron chi connectivity index (χ3n) is 5.85. The van der Waals surface area contributed by atoms with Crippen LogP contribution in [-0.2, 0) is 12.8 Å². The Morgan fingerprint density at radius 1 is 0.917 bits per heavy atom. The summed E-state index contributed by atoms with van der Waals surface area (Å²) >= 11 is 0. The summed E-state index contributed by atoms with van der Waals surface area (Å²) < 4.78 is 11.5.